The summed E-state index contributed by atoms with van der Waals surface area (Å²) in [4.78, 5) is 24.1. The molecule has 6 nitrogen and oxygen atoms in total. The van der Waals surface area contributed by atoms with Crippen LogP contribution in [0.4, 0.5) is 11.4 Å². The number of para-hydroxylation sites is 2. The molecule has 0 bridgehead atoms. The van der Waals surface area contributed by atoms with E-state index in [-0.39, 0.29) is 17.8 Å². The first kappa shape index (κ1) is 22.2. The van der Waals surface area contributed by atoms with Gasteiger partial charge in [0, 0.05) is 6.07 Å². The van der Waals surface area contributed by atoms with Crippen LogP contribution in [0.1, 0.15) is 60.8 Å². The lowest BCUT2D eigenvalue weighted by Crippen LogP contribution is -2.46. The number of carbonyl (C=O) groups is 1. The van der Waals surface area contributed by atoms with Crippen LogP contribution < -0.4 is 5.32 Å². The number of nitro groups is 1. The van der Waals surface area contributed by atoms with E-state index >= 15 is 0 Å². The SMILES string of the molecule is CC(C)C1CC[C@@H](C)C[C@H]1OC(=O)[C@H](Nc1ccccc1[N+](=O)[O-])C(C)(C)C. The summed E-state index contributed by atoms with van der Waals surface area (Å²) < 4.78 is 6.03. The third-order valence-electron chi connectivity index (χ3n) is 5.73. The first-order valence-corrected chi connectivity index (χ1v) is 10.2. The van der Waals surface area contributed by atoms with Crippen LogP contribution in [0.3, 0.4) is 0 Å². The Balaban J connectivity index is 2.23. The van der Waals surface area contributed by atoms with Crippen molar-refractivity contribution in [2.45, 2.75) is 73.0 Å². The van der Waals surface area contributed by atoms with Crippen molar-refractivity contribution in [1.29, 1.82) is 0 Å². The highest BCUT2D eigenvalue weighted by Gasteiger charge is 2.39. The number of nitrogens with zero attached hydrogens (tertiary/aromatic N) is 1. The molecule has 1 aromatic carbocycles. The molecular formula is C22H34N2O4. The maximum absolute atomic E-state index is 13.2. The van der Waals surface area contributed by atoms with Crippen LogP contribution in [0.5, 0.6) is 0 Å². The molecule has 0 radical (unpaired) electrons. The van der Waals surface area contributed by atoms with E-state index in [1.165, 1.54) is 6.07 Å². The molecule has 1 saturated carbocycles. The molecule has 28 heavy (non-hydrogen) atoms. The Morgan fingerprint density at radius 1 is 1.25 bits per heavy atom. The number of nitro benzene ring substituents is 1. The molecule has 1 unspecified atom stereocenters. The summed E-state index contributed by atoms with van der Waals surface area (Å²) in [5.74, 6) is 0.993. The van der Waals surface area contributed by atoms with E-state index < -0.39 is 16.4 Å². The highest BCUT2D eigenvalue weighted by atomic mass is 16.6. The van der Waals surface area contributed by atoms with Gasteiger partial charge >= 0.3 is 5.97 Å². The minimum absolute atomic E-state index is 0.0455. The van der Waals surface area contributed by atoms with Crippen molar-refractivity contribution in [3.63, 3.8) is 0 Å². The van der Waals surface area contributed by atoms with Crippen molar-refractivity contribution in [2.24, 2.45) is 23.2 Å². The Morgan fingerprint density at radius 3 is 2.46 bits per heavy atom. The van der Waals surface area contributed by atoms with Crippen LogP contribution in [0.2, 0.25) is 0 Å². The van der Waals surface area contributed by atoms with E-state index in [0.29, 0.717) is 23.4 Å². The number of hydrogen-bond acceptors (Lipinski definition) is 5. The zero-order chi connectivity index (χ0) is 21.1. The number of rotatable bonds is 6. The summed E-state index contributed by atoms with van der Waals surface area (Å²) in [6, 6.07) is 5.72. The number of anilines is 1. The molecule has 0 amide bonds. The lowest BCUT2D eigenvalue weighted by molar-refractivity contribution is -0.384. The van der Waals surface area contributed by atoms with Gasteiger partial charge in [-0.25, -0.2) is 4.79 Å². The number of nitrogens with one attached hydrogen (secondary N) is 1. The van der Waals surface area contributed by atoms with E-state index in [2.05, 4.69) is 26.1 Å². The van der Waals surface area contributed by atoms with Gasteiger partial charge in [0.2, 0.25) is 0 Å². The van der Waals surface area contributed by atoms with Gasteiger partial charge in [-0.3, -0.25) is 10.1 Å². The maximum atomic E-state index is 13.2. The fourth-order valence-corrected chi connectivity index (χ4v) is 4.01. The molecule has 0 heterocycles. The van der Waals surface area contributed by atoms with Gasteiger partial charge in [0.1, 0.15) is 17.8 Å². The second kappa shape index (κ2) is 8.93. The van der Waals surface area contributed by atoms with Crippen molar-refractivity contribution in [3.05, 3.63) is 34.4 Å². The number of benzene rings is 1. The van der Waals surface area contributed by atoms with Crippen LogP contribution in [0.15, 0.2) is 24.3 Å². The van der Waals surface area contributed by atoms with Gasteiger partial charge < -0.3 is 10.1 Å². The van der Waals surface area contributed by atoms with Crippen molar-refractivity contribution in [3.8, 4) is 0 Å². The van der Waals surface area contributed by atoms with Crippen LogP contribution in [0.25, 0.3) is 0 Å². The first-order valence-electron chi connectivity index (χ1n) is 10.2. The highest BCUT2D eigenvalue weighted by molar-refractivity contribution is 5.81. The van der Waals surface area contributed by atoms with Crippen LogP contribution in [0, 0.1) is 33.3 Å². The number of ether oxygens (including phenoxy) is 1. The van der Waals surface area contributed by atoms with E-state index in [0.717, 1.165) is 19.3 Å². The van der Waals surface area contributed by atoms with Gasteiger partial charge in [0.15, 0.2) is 0 Å². The smallest absolute Gasteiger partial charge is 0.329 e. The monoisotopic (exact) mass is 390 g/mol. The van der Waals surface area contributed by atoms with Gasteiger partial charge in [-0.1, -0.05) is 60.1 Å². The Morgan fingerprint density at radius 2 is 1.89 bits per heavy atom. The van der Waals surface area contributed by atoms with Gasteiger partial charge in [0.25, 0.3) is 5.69 Å². The molecule has 1 N–H and O–H groups in total. The lowest BCUT2D eigenvalue weighted by atomic mass is 9.75. The quantitative estimate of drug-likeness (QED) is 0.398. The van der Waals surface area contributed by atoms with E-state index in [9.17, 15) is 14.9 Å². The fourth-order valence-electron chi connectivity index (χ4n) is 4.01. The molecule has 2 rings (SSSR count). The predicted molar refractivity (Wildman–Crippen MR) is 111 cm³/mol. The average Bonchev–Trinajstić information content (AvgIpc) is 2.58. The van der Waals surface area contributed by atoms with Gasteiger partial charge in [-0.2, -0.15) is 0 Å². The second-order valence-electron chi connectivity index (χ2n) is 9.52. The standard InChI is InChI=1S/C22H34N2O4/c1-14(2)16-12-11-15(3)13-19(16)28-21(25)20(22(4,5)6)23-17-9-7-8-10-18(17)24(26)27/h7-10,14-16,19-20,23H,11-13H2,1-6H3/t15-,16?,19-,20+/m1/s1. The highest BCUT2D eigenvalue weighted by Crippen LogP contribution is 2.37. The summed E-state index contributed by atoms with van der Waals surface area (Å²) in [7, 11) is 0. The largest absolute Gasteiger partial charge is 0.461 e. The molecule has 0 aliphatic heterocycles. The molecule has 0 aromatic heterocycles. The minimum Gasteiger partial charge on any atom is -0.461 e. The molecule has 1 aliphatic carbocycles. The number of esters is 1. The zero-order valence-corrected chi connectivity index (χ0v) is 17.9. The van der Waals surface area contributed by atoms with Crippen molar-refractivity contribution >= 4 is 17.3 Å². The van der Waals surface area contributed by atoms with Crippen LogP contribution in [-0.2, 0) is 9.53 Å². The van der Waals surface area contributed by atoms with Gasteiger partial charge in [-0.05, 0) is 42.1 Å². The lowest BCUT2D eigenvalue weighted by Gasteiger charge is -2.39. The molecule has 0 spiro atoms. The molecule has 0 saturated heterocycles. The first-order chi connectivity index (χ1) is 13.0. The number of carbonyl (C=O) groups excluding carboxylic acids is 1. The molecule has 1 aliphatic rings. The molecule has 6 heteroatoms. The Hall–Kier alpha value is -2.11. The summed E-state index contributed by atoms with van der Waals surface area (Å²) in [6.07, 6.45) is 2.99. The molecular weight excluding hydrogens is 356 g/mol. The topological polar surface area (TPSA) is 81.5 Å². The molecule has 1 fully saturated rings. The fraction of sp³-hybridized carbons (Fsp3) is 0.682. The van der Waals surface area contributed by atoms with E-state index in [4.69, 9.17) is 4.74 Å². The summed E-state index contributed by atoms with van der Waals surface area (Å²) in [5.41, 5.74) is -0.174. The zero-order valence-electron chi connectivity index (χ0n) is 17.9. The average molecular weight is 391 g/mol. The number of hydrogen-bond donors (Lipinski definition) is 1. The summed E-state index contributed by atoms with van der Waals surface area (Å²) in [6.45, 7) is 12.4. The molecule has 4 atom stereocenters. The van der Waals surface area contributed by atoms with Crippen LogP contribution in [-0.4, -0.2) is 23.0 Å². The summed E-state index contributed by atoms with van der Waals surface area (Å²) in [5, 5.41) is 14.4. The van der Waals surface area contributed by atoms with Gasteiger partial charge in [0.05, 0.1) is 4.92 Å². The van der Waals surface area contributed by atoms with Gasteiger partial charge in [-0.15, -0.1) is 0 Å². The third-order valence-corrected chi connectivity index (χ3v) is 5.73. The van der Waals surface area contributed by atoms with Crippen molar-refractivity contribution in [1.82, 2.24) is 0 Å². The molecule has 156 valence electrons. The maximum Gasteiger partial charge on any atom is 0.329 e. The summed E-state index contributed by atoms with van der Waals surface area (Å²) >= 11 is 0. The Kier molecular flexibility index (Phi) is 7.07. The van der Waals surface area contributed by atoms with Crippen molar-refractivity contribution in [2.75, 3.05) is 5.32 Å². The second-order valence-corrected chi connectivity index (χ2v) is 9.52. The minimum atomic E-state index is -0.682. The Bertz CT molecular complexity index is 696. The van der Waals surface area contributed by atoms with Crippen LogP contribution >= 0.6 is 0 Å². The van der Waals surface area contributed by atoms with E-state index in [1.54, 1.807) is 18.2 Å². The Labute approximate surface area is 168 Å². The normalized spacial score (nSPS) is 23.9. The van der Waals surface area contributed by atoms with E-state index in [1.807, 2.05) is 20.8 Å². The molecule has 1 aromatic rings. The van der Waals surface area contributed by atoms with Crippen molar-refractivity contribution < 1.29 is 14.5 Å². The predicted octanol–water partition coefficient (Wildman–Crippen LogP) is 5.43. The third kappa shape index (κ3) is 5.46.